The zero-order chi connectivity index (χ0) is 14.3. The first-order chi connectivity index (χ1) is 8.45. The van der Waals surface area contributed by atoms with E-state index in [0.29, 0.717) is 26.7 Å². The summed E-state index contributed by atoms with van der Waals surface area (Å²) in [4.78, 5) is 10.8. The van der Waals surface area contributed by atoms with Crippen LogP contribution in [0.3, 0.4) is 0 Å². The average Bonchev–Trinajstić information content (AvgIpc) is 2.35. The van der Waals surface area contributed by atoms with Gasteiger partial charge in [0.1, 0.15) is 5.75 Å². The minimum absolute atomic E-state index is 0.340. The second kappa shape index (κ2) is 8.62. The van der Waals surface area contributed by atoms with Crippen LogP contribution in [0.15, 0.2) is 16.6 Å². The van der Waals surface area contributed by atoms with Crippen LogP contribution in [-0.4, -0.2) is 17.2 Å². The Hall–Kier alpha value is -0.450. The first-order valence-corrected chi connectivity index (χ1v) is 7.04. The minimum atomic E-state index is -1.02. The highest BCUT2D eigenvalue weighted by Gasteiger charge is 2.17. The number of carboxylic acids is 1. The molecule has 0 radical (unpaired) electrons. The van der Waals surface area contributed by atoms with Crippen molar-refractivity contribution in [1.29, 1.82) is 0 Å². The van der Waals surface area contributed by atoms with E-state index in [1.807, 2.05) is 13.8 Å². The van der Waals surface area contributed by atoms with E-state index in [2.05, 4.69) is 15.9 Å². The highest BCUT2D eigenvalue weighted by atomic mass is 79.9. The lowest BCUT2D eigenvalue weighted by Gasteiger charge is -2.14. The molecule has 0 saturated heterocycles. The molecule has 1 rings (SSSR count). The summed E-state index contributed by atoms with van der Waals surface area (Å²) in [7, 11) is 0. The van der Waals surface area contributed by atoms with Gasteiger partial charge in [0, 0.05) is 12.1 Å². The minimum Gasteiger partial charge on any atom is -0.479 e. The second-order valence-electron chi connectivity index (χ2n) is 3.05. The lowest BCUT2D eigenvalue weighted by Crippen LogP contribution is -2.25. The average molecular weight is 358 g/mol. The van der Waals surface area contributed by atoms with Crippen molar-refractivity contribution in [1.82, 2.24) is 0 Å². The maximum Gasteiger partial charge on any atom is 0.344 e. The Morgan fingerprint density at radius 3 is 2.17 bits per heavy atom. The number of halogens is 3. The fourth-order valence-electron chi connectivity index (χ4n) is 1.07. The molecule has 0 aliphatic carbocycles. The summed E-state index contributed by atoms with van der Waals surface area (Å²) in [5.74, 6) is -0.676. The normalized spacial score (nSPS) is 11.2. The van der Waals surface area contributed by atoms with Crippen molar-refractivity contribution in [3.63, 3.8) is 0 Å². The summed E-state index contributed by atoms with van der Waals surface area (Å²) in [6.45, 7) is 5.72. The number of hydrogen-bond acceptors (Lipinski definition) is 2. The van der Waals surface area contributed by atoms with Crippen LogP contribution < -0.4 is 4.74 Å². The standard InChI is InChI=1S/C10H9BrCl2O3.C2H6/c1-2-8(10(14)15)16-5-3-6(12)9(11)7(13)4-5;1-2/h3-4,8H,2H2,1H3,(H,14,15);1-2H3. The molecule has 6 heteroatoms. The number of hydrogen-bond donors (Lipinski definition) is 1. The third-order valence-electron chi connectivity index (χ3n) is 1.88. The van der Waals surface area contributed by atoms with E-state index in [1.54, 1.807) is 6.92 Å². The van der Waals surface area contributed by atoms with E-state index < -0.39 is 12.1 Å². The highest BCUT2D eigenvalue weighted by molar-refractivity contribution is 9.10. The van der Waals surface area contributed by atoms with Crippen LogP contribution in [0.5, 0.6) is 5.75 Å². The van der Waals surface area contributed by atoms with Gasteiger partial charge in [0.2, 0.25) is 0 Å². The molecule has 1 atom stereocenters. The molecule has 0 spiro atoms. The Kier molecular flexibility index (Phi) is 8.40. The molecule has 0 fully saturated rings. The highest BCUT2D eigenvalue weighted by Crippen LogP contribution is 2.34. The molecule has 1 unspecified atom stereocenters. The Bertz CT molecular complexity index is 387. The van der Waals surface area contributed by atoms with E-state index in [4.69, 9.17) is 33.0 Å². The molecular weight excluding hydrogens is 343 g/mol. The molecule has 3 nitrogen and oxygen atoms in total. The van der Waals surface area contributed by atoms with Crippen LogP contribution in [-0.2, 0) is 4.79 Å². The number of carbonyl (C=O) groups is 1. The van der Waals surface area contributed by atoms with Gasteiger partial charge >= 0.3 is 5.97 Å². The van der Waals surface area contributed by atoms with Gasteiger partial charge < -0.3 is 9.84 Å². The van der Waals surface area contributed by atoms with Gasteiger partial charge in [0.05, 0.1) is 14.5 Å². The van der Waals surface area contributed by atoms with Gasteiger partial charge in [0.25, 0.3) is 0 Å². The molecule has 1 aromatic rings. The van der Waals surface area contributed by atoms with Gasteiger partial charge in [-0.1, -0.05) is 44.0 Å². The molecule has 102 valence electrons. The number of carboxylic acid groups (broad SMARTS) is 1. The van der Waals surface area contributed by atoms with E-state index in [9.17, 15) is 4.79 Å². The summed E-state index contributed by atoms with van der Waals surface area (Å²) < 4.78 is 5.81. The van der Waals surface area contributed by atoms with Crippen molar-refractivity contribution < 1.29 is 14.6 Å². The molecule has 0 aliphatic heterocycles. The van der Waals surface area contributed by atoms with Gasteiger partial charge in [-0.05, 0) is 22.4 Å². The van der Waals surface area contributed by atoms with Crippen LogP contribution in [0.2, 0.25) is 10.0 Å². The van der Waals surface area contributed by atoms with Gasteiger partial charge in [-0.25, -0.2) is 4.79 Å². The maximum absolute atomic E-state index is 10.8. The molecule has 18 heavy (non-hydrogen) atoms. The van der Waals surface area contributed by atoms with Crippen LogP contribution in [0.25, 0.3) is 0 Å². The van der Waals surface area contributed by atoms with Crippen molar-refractivity contribution in [2.45, 2.75) is 33.3 Å². The summed E-state index contributed by atoms with van der Waals surface area (Å²) in [6.07, 6.45) is -0.533. The summed E-state index contributed by atoms with van der Waals surface area (Å²) in [6, 6.07) is 3.03. The maximum atomic E-state index is 10.8. The lowest BCUT2D eigenvalue weighted by molar-refractivity contribution is -0.145. The zero-order valence-electron chi connectivity index (χ0n) is 10.3. The van der Waals surface area contributed by atoms with E-state index in [-0.39, 0.29) is 0 Å². The Balaban J connectivity index is 0.00000137. The third-order valence-corrected chi connectivity index (χ3v) is 3.79. The summed E-state index contributed by atoms with van der Waals surface area (Å²) >= 11 is 14.9. The summed E-state index contributed by atoms with van der Waals surface area (Å²) in [5, 5.41) is 9.58. The predicted molar refractivity (Wildman–Crippen MR) is 77.9 cm³/mol. The second-order valence-corrected chi connectivity index (χ2v) is 4.66. The largest absolute Gasteiger partial charge is 0.479 e. The van der Waals surface area contributed by atoms with Crippen LogP contribution in [0, 0.1) is 0 Å². The molecule has 0 saturated carbocycles. The number of rotatable bonds is 4. The fourth-order valence-corrected chi connectivity index (χ4v) is 1.77. The zero-order valence-corrected chi connectivity index (χ0v) is 13.4. The van der Waals surface area contributed by atoms with E-state index >= 15 is 0 Å². The van der Waals surface area contributed by atoms with Crippen molar-refractivity contribution in [2.75, 3.05) is 0 Å². The number of aliphatic carboxylic acids is 1. The smallest absolute Gasteiger partial charge is 0.344 e. The van der Waals surface area contributed by atoms with Gasteiger partial charge in [-0.15, -0.1) is 0 Å². The van der Waals surface area contributed by atoms with Crippen LogP contribution in [0.1, 0.15) is 27.2 Å². The van der Waals surface area contributed by atoms with Gasteiger partial charge in [-0.3, -0.25) is 0 Å². The van der Waals surface area contributed by atoms with Crippen molar-refractivity contribution >= 4 is 45.1 Å². The predicted octanol–water partition coefficient (Wildman–Crippen LogP) is 5.02. The molecule has 1 aromatic carbocycles. The van der Waals surface area contributed by atoms with Gasteiger partial charge in [0.15, 0.2) is 6.10 Å². The van der Waals surface area contributed by atoms with Gasteiger partial charge in [-0.2, -0.15) is 0 Å². The first-order valence-electron chi connectivity index (χ1n) is 5.49. The van der Waals surface area contributed by atoms with Crippen LogP contribution in [0.4, 0.5) is 0 Å². The van der Waals surface area contributed by atoms with Crippen molar-refractivity contribution in [2.24, 2.45) is 0 Å². The molecule has 0 aliphatic rings. The monoisotopic (exact) mass is 356 g/mol. The lowest BCUT2D eigenvalue weighted by atomic mass is 10.2. The number of ether oxygens (including phenoxy) is 1. The molecule has 0 heterocycles. The Morgan fingerprint density at radius 1 is 1.39 bits per heavy atom. The molecule has 1 N–H and O–H groups in total. The topological polar surface area (TPSA) is 46.5 Å². The molecule has 0 aromatic heterocycles. The van der Waals surface area contributed by atoms with Crippen molar-refractivity contribution in [3.8, 4) is 5.75 Å². The van der Waals surface area contributed by atoms with Crippen LogP contribution >= 0.6 is 39.1 Å². The first kappa shape index (κ1) is 17.6. The Morgan fingerprint density at radius 2 is 1.83 bits per heavy atom. The fraction of sp³-hybridized carbons (Fsp3) is 0.417. The SMILES string of the molecule is CC.CCC(Oc1cc(Cl)c(Br)c(Cl)c1)C(=O)O. The summed E-state index contributed by atoms with van der Waals surface area (Å²) in [5.41, 5.74) is 0. The van der Waals surface area contributed by atoms with E-state index in [0.717, 1.165) is 0 Å². The number of benzene rings is 1. The Labute approximate surface area is 125 Å². The van der Waals surface area contributed by atoms with E-state index in [1.165, 1.54) is 12.1 Å². The molecule has 0 amide bonds. The van der Waals surface area contributed by atoms with Crippen molar-refractivity contribution in [3.05, 3.63) is 26.7 Å². The molecular formula is C12H15BrCl2O3. The third kappa shape index (κ3) is 5.04. The quantitative estimate of drug-likeness (QED) is 0.769. The molecule has 0 bridgehead atoms.